The van der Waals surface area contributed by atoms with Crippen molar-refractivity contribution < 1.29 is 19.1 Å². The summed E-state index contributed by atoms with van der Waals surface area (Å²) in [6.07, 6.45) is -0.363. The van der Waals surface area contributed by atoms with Crippen LogP contribution in [-0.4, -0.2) is 49.0 Å². The van der Waals surface area contributed by atoms with Crippen molar-refractivity contribution in [2.24, 2.45) is 0 Å². The Kier molecular flexibility index (Phi) is 8.87. The molecule has 3 amide bonds. The monoisotopic (exact) mass is 540 g/mol. The number of piperazine rings is 1. The molecule has 0 saturated carbocycles. The lowest BCUT2D eigenvalue weighted by atomic mass is 10.2. The van der Waals surface area contributed by atoms with Gasteiger partial charge in [0.05, 0.1) is 15.7 Å². The first-order valence-electron chi connectivity index (χ1n) is 11.7. The Morgan fingerprint density at radius 3 is 2.08 bits per heavy atom. The zero-order chi connectivity index (χ0) is 26.2. The Hall–Kier alpha value is -3.75. The van der Waals surface area contributed by atoms with Crippen molar-refractivity contribution in [1.82, 2.24) is 4.90 Å². The van der Waals surface area contributed by atoms with Gasteiger partial charge in [-0.3, -0.25) is 9.59 Å². The predicted octanol–water partition coefficient (Wildman–Crippen LogP) is 5.42. The van der Waals surface area contributed by atoms with Crippen LogP contribution in [0.15, 0.2) is 72.8 Å². The Labute approximate surface area is 225 Å². The number of nitrogens with zero attached hydrogens (tertiary/aromatic N) is 2. The summed E-state index contributed by atoms with van der Waals surface area (Å²) in [4.78, 5) is 40.7. The van der Waals surface area contributed by atoms with Gasteiger partial charge in [-0.25, -0.2) is 4.79 Å². The number of hydrogen-bond acceptors (Lipinski definition) is 5. The Morgan fingerprint density at radius 1 is 0.784 bits per heavy atom. The highest BCUT2D eigenvalue weighted by atomic mass is 35.5. The highest BCUT2D eigenvalue weighted by Gasteiger charge is 2.22. The third kappa shape index (κ3) is 7.38. The molecular weight excluding hydrogens is 515 g/mol. The number of hydrogen-bond donors (Lipinski definition) is 2. The van der Waals surface area contributed by atoms with Crippen molar-refractivity contribution in [2.75, 3.05) is 41.7 Å². The van der Waals surface area contributed by atoms with E-state index < -0.39 is 11.9 Å². The van der Waals surface area contributed by atoms with Gasteiger partial charge in [-0.1, -0.05) is 59.6 Å². The van der Waals surface area contributed by atoms with Gasteiger partial charge in [0.25, 0.3) is 0 Å². The number of para-hydroxylation sites is 1. The highest BCUT2D eigenvalue weighted by molar-refractivity contribution is 6.39. The number of nitrogens with one attached hydrogen (secondary N) is 2. The molecule has 3 aromatic carbocycles. The minimum absolute atomic E-state index is 0.129. The summed E-state index contributed by atoms with van der Waals surface area (Å²) in [7, 11) is 0. The number of ether oxygens (including phenoxy) is 1. The molecule has 0 unspecified atom stereocenters. The minimum atomic E-state index is -0.586. The third-order valence-electron chi connectivity index (χ3n) is 5.83. The number of halogens is 2. The van der Waals surface area contributed by atoms with E-state index in [2.05, 4.69) is 15.5 Å². The Balaban J connectivity index is 1.22. The SMILES string of the molecule is O=C(CC(=O)OCc1ccccc1)Nc1ccc(N2CCN(C(=O)Nc3c(Cl)cccc3Cl)CC2)cc1. The van der Waals surface area contributed by atoms with Crippen LogP contribution >= 0.6 is 23.2 Å². The molecule has 1 fully saturated rings. The largest absolute Gasteiger partial charge is 0.460 e. The van der Waals surface area contributed by atoms with Gasteiger partial charge in [0.1, 0.15) is 13.0 Å². The molecule has 0 radical (unpaired) electrons. The van der Waals surface area contributed by atoms with Crippen molar-refractivity contribution in [3.05, 3.63) is 88.4 Å². The number of rotatable bonds is 7. The molecule has 3 aromatic rings. The molecule has 0 aliphatic carbocycles. The lowest BCUT2D eigenvalue weighted by molar-refractivity contribution is -0.146. The summed E-state index contributed by atoms with van der Waals surface area (Å²) in [6.45, 7) is 2.46. The predicted molar refractivity (Wildman–Crippen MR) is 145 cm³/mol. The number of amides is 3. The van der Waals surface area contributed by atoms with Crippen LogP contribution in [0.25, 0.3) is 0 Å². The molecule has 1 heterocycles. The molecular formula is C27H26Cl2N4O4. The summed E-state index contributed by atoms with van der Waals surface area (Å²) >= 11 is 12.3. The maximum atomic E-state index is 12.7. The fraction of sp³-hybridized carbons (Fsp3) is 0.222. The third-order valence-corrected chi connectivity index (χ3v) is 6.46. The van der Waals surface area contributed by atoms with Crippen LogP contribution < -0.4 is 15.5 Å². The second kappa shape index (κ2) is 12.5. The lowest BCUT2D eigenvalue weighted by Crippen LogP contribution is -2.50. The van der Waals surface area contributed by atoms with Crippen LogP contribution in [0.1, 0.15) is 12.0 Å². The van der Waals surface area contributed by atoms with Crippen molar-refractivity contribution in [1.29, 1.82) is 0 Å². The number of anilines is 3. The van der Waals surface area contributed by atoms with Gasteiger partial charge in [0.2, 0.25) is 5.91 Å². The van der Waals surface area contributed by atoms with Crippen LogP contribution in [0, 0.1) is 0 Å². The number of urea groups is 1. The molecule has 0 aromatic heterocycles. The molecule has 2 N–H and O–H groups in total. The zero-order valence-corrected chi connectivity index (χ0v) is 21.5. The molecule has 1 aliphatic rings. The van der Waals surface area contributed by atoms with Crippen molar-refractivity contribution in [3.8, 4) is 0 Å². The fourth-order valence-corrected chi connectivity index (χ4v) is 4.34. The quantitative estimate of drug-likeness (QED) is 0.308. The van der Waals surface area contributed by atoms with Crippen molar-refractivity contribution in [2.45, 2.75) is 13.0 Å². The molecule has 8 nitrogen and oxygen atoms in total. The van der Waals surface area contributed by atoms with E-state index >= 15 is 0 Å². The van der Waals surface area contributed by atoms with E-state index in [9.17, 15) is 14.4 Å². The van der Waals surface area contributed by atoms with E-state index in [1.807, 2.05) is 42.5 Å². The van der Waals surface area contributed by atoms with Crippen LogP contribution in [0.3, 0.4) is 0 Å². The maximum Gasteiger partial charge on any atom is 0.322 e. The second-order valence-corrected chi connectivity index (χ2v) is 9.23. The lowest BCUT2D eigenvalue weighted by Gasteiger charge is -2.36. The topological polar surface area (TPSA) is 91.0 Å². The van der Waals surface area contributed by atoms with E-state index in [0.29, 0.717) is 47.6 Å². The van der Waals surface area contributed by atoms with Crippen molar-refractivity contribution >= 4 is 58.2 Å². The number of esters is 1. The fourth-order valence-electron chi connectivity index (χ4n) is 3.85. The van der Waals surface area contributed by atoms with E-state index in [0.717, 1.165) is 11.3 Å². The Bertz CT molecular complexity index is 1230. The number of carbonyl (C=O) groups excluding carboxylic acids is 3. The van der Waals surface area contributed by atoms with Gasteiger partial charge < -0.3 is 25.2 Å². The van der Waals surface area contributed by atoms with Gasteiger partial charge >= 0.3 is 12.0 Å². The number of carbonyl (C=O) groups is 3. The summed E-state index contributed by atoms with van der Waals surface area (Å²) in [6, 6.07) is 21.4. The molecule has 10 heteroatoms. The molecule has 0 bridgehead atoms. The smallest absolute Gasteiger partial charge is 0.322 e. The van der Waals surface area contributed by atoms with Crippen LogP contribution in [0.2, 0.25) is 10.0 Å². The van der Waals surface area contributed by atoms with Crippen molar-refractivity contribution in [3.63, 3.8) is 0 Å². The zero-order valence-electron chi connectivity index (χ0n) is 20.0. The molecule has 0 spiro atoms. The minimum Gasteiger partial charge on any atom is -0.460 e. The van der Waals surface area contributed by atoms with Gasteiger partial charge in [-0.2, -0.15) is 0 Å². The molecule has 0 atom stereocenters. The first-order valence-corrected chi connectivity index (χ1v) is 12.5. The first kappa shape index (κ1) is 26.3. The van der Waals surface area contributed by atoms with Gasteiger partial charge in [-0.15, -0.1) is 0 Å². The highest BCUT2D eigenvalue weighted by Crippen LogP contribution is 2.30. The second-order valence-electron chi connectivity index (χ2n) is 8.42. The molecule has 192 valence electrons. The van der Waals surface area contributed by atoms with E-state index in [-0.39, 0.29) is 19.1 Å². The maximum absolute atomic E-state index is 12.7. The molecule has 1 aliphatic heterocycles. The van der Waals surface area contributed by atoms with Gasteiger partial charge in [0, 0.05) is 37.6 Å². The summed E-state index contributed by atoms with van der Waals surface area (Å²) < 4.78 is 5.15. The standard InChI is InChI=1S/C27H26Cl2N4O4/c28-22-7-4-8-23(29)26(22)31-27(36)33-15-13-32(14-16-33)21-11-9-20(10-12-21)30-24(34)17-25(35)37-18-19-5-2-1-3-6-19/h1-12H,13-18H2,(H,30,34)(H,31,36). The van der Waals surface area contributed by atoms with Crippen LogP contribution in [0.4, 0.5) is 21.9 Å². The summed E-state index contributed by atoms with van der Waals surface area (Å²) in [5.74, 6) is -1.03. The Morgan fingerprint density at radius 2 is 1.43 bits per heavy atom. The molecule has 1 saturated heterocycles. The van der Waals surface area contributed by atoms with Crippen LogP contribution in [0.5, 0.6) is 0 Å². The average Bonchev–Trinajstić information content (AvgIpc) is 2.90. The normalized spacial score (nSPS) is 13.1. The number of benzene rings is 3. The molecule has 4 rings (SSSR count). The van der Waals surface area contributed by atoms with Crippen LogP contribution in [-0.2, 0) is 20.9 Å². The van der Waals surface area contributed by atoms with Gasteiger partial charge in [-0.05, 0) is 42.0 Å². The van der Waals surface area contributed by atoms with E-state index in [1.54, 1.807) is 35.2 Å². The van der Waals surface area contributed by atoms with Gasteiger partial charge in [0.15, 0.2) is 0 Å². The average molecular weight is 541 g/mol. The summed E-state index contributed by atoms with van der Waals surface area (Å²) in [5.41, 5.74) is 2.81. The molecule has 37 heavy (non-hydrogen) atoms. The first-order chi connectivity index (χ1) is 17.9. The van der Waals surface area contributed by atoms with E-state index in [1.165, 1.54) is 0 Å². The van der Waals surface area contributed by atoms with E-state index in [4.69, 9.17) is 27.9 Å². The summed E-state index contributed by atoms with van der Waals surface area (Å²) in [5, 5.41) is 6.27.